The lowest BCUT2D eigenvalue weighted by atomic mass is 10.3. The average Bonchev–Trinajstić information content (AvgIpc) is 2.04. The molecule has 0 unspecified atom stereocenters. The molecule has 1 aromatic carbocycles. The SMILES string of the molecule is CCC[P+](C)(C)Oc1ccccc1.Cl. The molecule has 0 aliphatic carbocycles. The summed E-state index contributed by atoms with van der Waals surface area (Å²) < 4.78 is 5.95. The second-order valence-corrected chi connectivity index (χ2v) is 7.48. The van der Waals surface area contributed by atoms with E-state index in [4.69, 9.17) is 4.52 Å². The van der Waals surface area contributed by atoms with E-state index >= 15 is 0 Å². The first-order valence-corrected chi connectivity index (χ1v) is 7.50. The molecule has 0 bridgehead atoms. The summed E-state index contributed by atoms with van der Waals surface area (Å²) in [6.07, 6.45) is 2.40. The highest BCUT2D eigenvalue weighted by molar-refractivity contribution is 7.70. The Labute approximate surface area is 93.7 Å². The molecule has 0 aromatic heterocycles. The predicted octanol–water partition coefficient (Wildman–Crippen LogP) is 4.09. The van der Waals surface area contributed by atoms with Crippen LogP contribution in [-0.4, -0.2) is 19.5 Å². The van der Waals surface area contributed by atoms with Crippen LogP contribution in [-0.2, 0) is 0 Å². The molecule has 0 heterocycles. The van der Waals surface area contributed by atoms with Crippen LogP contribution >= 0.6 is 19.9 Å². The largest absolute Gasteiger partial charge is 0.351 e. The molecule has 0 radical (unpaired) electrons. The number of benzene rings is 1. The Morgan fingerprint density at radius 2 is 1.71 bits per heavy atom. The van der Waals surface area contributed by atoms with E-state index in [1.54, 1.807) is 0 Å². The summed E-state index contributed by atoms with van der Waals surface area (Å²) in [6, 6.07) is 10.1. The standard InChI is InChI=1S/C11H18OP.ClH/c1-4-10-13(2,3)12-11-8-6-5-7-9-11;/h5-9H,4,10H2,1-3H3;1H/q+1;. The first kappa shape index (κ1) is 13.7. The second-order valence-electron chi connectivity index (χ2n) is 3.70. The maximum absolute atomic E-state index is 5.95. The fourth-order valence-electron chi connectivity index (χ4n) is 1.35. The zero-order chi connectivity index (χ0) is 9.73. The average molecular weight is 234 g/mol. The van der Waals surface area contributed by atoms with Crippen LogP contribution in [0.4, 0.5) is 0 Å². The van der Waals surface area contributed by atoms with Gasteiger partial charge in [-0.1, -0.05) is 25.1 Å². The highest BCUT2D eigenvalue weighted by Gasteiger charge is 2.26. The summed E-state index contributed by atoms with van der Waals surface area (Å²) in [5.74, 6) is 1.01. The Bertz CT molecular complexity index is 249. The van der Waals surface area contributed by atoms with Crippen molar-refractivity contribution in [3.63, 3.8) is 0 Å². The highest BCUT2D eigenvalue weighted by Crippen LogP contribution is 2.52. The van der Waals surface area contributed by atoms with E-state index in [2.05, 4.69) is 20.3 Å². The minimum Gasteiger partial charge on any atom is -0.351 e. The van der Waals surface area contributed by atoms with Gasteiger partial charge >= 0.3 is 0 Å². The van der Waals surface area contributed by atoms with Crippen LogP contribution in [0.15, 0.2) is 30.3 Å². The van der Waals surface area contributed by atoms with Crippen LogP contribution in [0.2, 0.25) is 0 Å². The maximum atomic E-state index is 5.95. The monoisotopic (exact) mass is 233 g/mol. The van der Waals surface area contributed by atoms with Crippen molar-refractivity contribution in [3.8, 4) is 5.75 Å². The van der Waals surface area contributed by atoms with Crippen molar-refractivity contribution in [2.45, 2.75) is 13.3 Å². The molecule has 0 amide bonds. The van der Waals surface area contributed by atoms with Gasteiger partial charge in [0.1, 0.15) is 0 Å². The van der Waals surface area contributed by atoms with Gasteiger partial charge in [0.05, 0.1) is 19.5 Å². The normalized spacial score (nSPS) is 10.5. The van der Waals surface area contributed by atoms with Crippen LogP contribution < -0.4 is 4.52 Å². The molecule has 3 heteroatoms. The van der Waals surface area contributed by atoms with E-state index in [1.165, 1.54) is 12.6 Å². The zero-order valence-electron chi connectivity index (χ0n) is 9.06. The van der Waals surface area contributed by atoms with Gasteiger partial charge in [-0.3, -0.25) is 0 Å². The molecule has 0 atom stereocenters. The van der Waals surface area contributed by atoms with Crippen molar-refractivity contribution < 1.29 is 4.52 Å². The fourth-order valence-corrected chi connectivity index (χ4v) is 3.21. The summed E-state index contributed by atoms with van der Waals surface area (Å²) >= 11 is 0. The molecule has 0 fully saturated rings. The molecule has 0 spiro atoms. The third kappa shape index (κ3) is 4.83. The second kappa shape index (κ2) is 6.27. The van der Waals surface area contributed by atoms with E-state index < -0.39 is 7.49 Å². The predicted molar refractivity (Wildman–Crippen MR) is 68.2 cm³/mol. The number of halogens is 1. The molecule has 1 rings (SSSR count). The van der Waals surface area contributed by atoms with Gasteiger partial charge in [0.25, 0.3) is 0 Å². The molecule has 1 nitrogen and oxygen atoms in total. The minimum atomic E-state index is -1.16. The topological polar surface area (TPSA) is 9.23 Å². The first-order chi connectivity index (χ1) is 6.14. The van der Waals surface area contributed by atoms with Gasteiger partial charge in [0.2, 0.25) is 0 Å². The quantitative estimate of drug-likeness (QED) is 0.712. The van der Waals surface area contributed by atoms with Crippen molar-refractivity contribution in [2.75, 3.05) is 19.5 Å². The molecule has 14 heavy (non-hydrogen) atoms. The van der Waals surface area contributed by atoms with Gasteiger partial charge in [-0.2, -0.15) is 0 Å². The molecule has 0 N–H and O–H groups in total. The fraction of sp³-hybridized carbons (Fsp3) is 0.455. The lowest BCUT2D eigenvalue weighted by Gasteiger charge is -2.16. The lowest BCUT2D eigenvalue weighted by Crippen LogP contribution is -2.02. The van der Waals surface area contributed by atoms with Gasteiger partial charge < -0.3 is 4.52 Å². The smallest absolute Gasteiger partial charge is 0.185 e. The molecular weight excluding hydrogens is 215 g/mol. The number of para-hydroxylation sites is 1. The van der Waals surface area contributed by atoms with Crippen molar-refractivity contribution in [1.82, 2.24) is 0 Å². The van der Waals surface area contributed by atoms with Gasteiger partial charge in [-0.25, -0.2) is 0 Å². The number of hydrogen-bond acceptors (Lipinski definition) is 1. The molecule has 0 aliphatic heterocycles. The van der Waals surface area contributed by atoms with Crippen LogP contribution in [0.25, 0.3) is 0 Å². The van der Waals surface area contributed by atoms with Crippen LogP contribution in [0, 0.1) is 0 Å². The summed E-state index contributed by atoms with van der Waals surface area (Å²) in [5, 5.41) is 0. The number of rotatable bonds is 4. The first-order valence-electron chi connectivity index (χ1n) is 4.72. The van der Waals surface area contributed by atoms with E-state index in [1.807, 2.05) is 30.3 Å². The van der Waals surface area contributed by atoms with Crippen molar-refractivity contribution in [1.29, 1.82) is 0 Å². The Balaban J connectivity index is 0.00000169. The molecule has 1 aromatic rings. The van der Waals surface area contributed by atoms with Gasteiger partial charge in [-0.05, 0) is 18.6 Å². The molecule has 0 saturated heterocycles. The van der Waals surface area contributed by atoms with E-state index in [9.17, 15) is 0 Å². The summed E-state index contributed by atoms with van der Waals surface area (Å²) in [4.78, 5) is 0. The Morgan fingerprint density at radius 1 is 1.14 bits per heavy atom. The molecular formula is C11H19ClOP+. The zero-order valence-corrected chi connectivity index (χ0v) is 10.8. The molecule has 80 valence electrons. The van der Waals surface area contributed by atoms with Gasteiger partial charge in [-0.15, -0.1) is 12.4 Å². The summed E-state index contributed by atoms with van der Waals surface area (Å²) in [6.45, 7) is 6.68. The molecule has 0 aliphatic rings. The van der Waals surface area contributed by atoms with Gasteiger partial charge in [0, 0.05) is 0 Å². The van der Waals surface area contributed by atoms with Crippen molar-refractivity contribution in [3.05, 3.63) is 30.3 Å². The summed E-state index contributed by atoms with van der Waals surface area (Å²) in [5.41, 5.74) is 0. The van der Waals surface area contributed by atoms with E-state index in [-0.39, 0.29) is 12.4 Å². The van der Waals surface area contributed by atoms with Crippen molar-refractivity contribution in [2.24, 2.45) is 0 Å². The Morgan fingerprint density at radius 3 is 2.21 bits per heavy atom. The number of hydrogen-bond donors (Lipinski definition) is 0. The van der Waals surface area contributed by atoms with E-state index in [0.717, 1.165) is 5.75 Å². The van der Waals surface area contributed by atoms with Gasteiger partial charge in [0.15, 0.2) is 13.2 Å². The third-order valence-corrected chi connectivity index (χ3v) is 4.09. The lowest BCUT2D eigenvalue weighted by molar-refractivity contribution is 0.601. The molecule has 0 saturated carbocycles. The van der Waals surface area contributed by atoms with Crippen LogP contribution in [0.5, 0.6) is 5.75 Å². The minimum absolute atomic E-state index is 0. The Hall–Kier alpha value is -0.260. The van der Waals surface area contributed by atoms with Crippen LogP contribution in [0.3, 0.4) is 0 Å². The highest BCUT2D eigenvalue weighted by atomic mass is 35.5. The Kier molecular flexibility index (Phi) is 6.15. The van der Waals surface area contributed by atoms with Crippen molar-refractivity contribution >= 4 is 19.9 Å². The summed E-state index contributed by atoms with van der Waals surface area (Å²) in [7, 11) is -1.16. The van der Waals surface area contributed by atoms with Crippen LogP contribution in [0.1, 0.15) is 13.3 Å². The van der Waals surface area contributed by atoms with E-state index in [0.29, 0.717) is 0 Å². The third-order valence-electron chi connectivity index (χ3n) is 1.86. The maximum Gasteiger partial charge on any atom is 0.185 e.